The van der Waals surface area contributed by atoms with E-state index in [1.807, 2.05) is 91.9 Å². The Hall–Kier alpha value is -3.89. The molecule has 4 aromatic carbocycles. The van der Waals surface area contributed by atoms with Crippen molar-refractivity contribution in [1.82, 2.24) is 0 Å². The Morgan fingerprint density at radius 1 is 0.714 bits per heavy atom. The number of ether oxygens (including phenoxy) is 2. The molecule has 0 radical (unpaired) electrons. The summed E-state index contributed by atoms with van der Waals surface area (Å²) in [6.07, 6.45) is 0.753. The fraction of sp³-hybridized carbons (Fsp3) is 0.194. The zero-order chi connectivity index (χ0) is 24.3. The number of carbonyl (C=O) groups is 1. The summed E-state index contributed by atoms with van der Waals surface area (Å²) in [7, 11) is 0. The van der Waals surface area contributed by atoms with E-state index in [9.17, 15) is 4.79 Å². The van der Waals surface area contributed by atoms with E-state index >= 15 is 0 Å². The van der Waals surface area contributed by atoms with Gasteiger partial charge in [-0.05, 0) is 48.6 Å². The van der Waals surface area contributed by atoms with Crippen LogP contribution < -0.4 is 5.32 Å². The lowest BCUT2D eigenvalue weighted by Crippen LogP contribution is -2.33. The quantitative estimate of drug-likeness (QED) is 0.196. The van der Waals surface area contributed by atoms with Gasteiger partial charge in [0.25, 0.3) is 0 Å². The maximum Gasteiger partial charge on any atom is 0.411 e. The van der Waals surface area contributed by atoms with Crippen molar-refractivity contribution in [3.63, 3.8) is 0 Å². The van der Waals surface area contributed by atoms with E-state index in [0.717, 1.165) is 23.1 Å². The first kappa shape index (κ1) is 24.2. The normalized spacial score (nSPS) is 12.0. The minimum absolute atomic E-state index is 0.234. The van der Waals surface area contributed by atoms with Gasteiger partial charge in [0.15, 0.2) is 0 Å². The molecule has 4 aromatic rings. The molecule has 0 fully saturated rings. The second-order valence-electron chi connectivity index (χ2n) is 8.48. The summed E-state index contributed by atoms with van der Waals surface area (Å²) < 4.78 is 12.3. The summed E-state index contributed by atoms with van der Waals surface area (Å²) in [6, 6.07) is 40.3. The van der Waals surface area contributed by atoms with Gasteiger partial charge in [0, 0.05) is 12.3 Å². The summed E-state index contributed by atoms with van der Waals surface area (Å²) in [5.74, 6) is 0. The molecule has 0 aliphatic heterocycles. The minimum Gasteiger partial charge on any atom is -0.446 e. The van der Waals surface area contributed by atoms with Crippen LogP contribution in [-0.4, -0.2) is 18.8 Å². The number of anilines is 1. The van der Waals surface area contributed by atoms with Gasteiger partial charge in [0.2, 0.25) is 0 Å². The van der Waals surface area contributed by atoms with Crippen molar-refractivity contribution in [3.8, 4) is 0 Å². The highest BCUT2D eigenvalue weighted by Gasteiger charge is 2.37. The highest BCUT2D eigenvalue weighted by Crippen LogP contribution is 2.40. The van der Waals surface area contributed by atoms with Crippen LogP contribution in [0.5, 0.6) is 0 Å². The monoisotopic (exact) mass is 465 g/mol. The predicted molar refractivity (Wildman–Crippen MR) is 140 cm³/mol. The Bertz CT molecular complexity index is 1070. The minimum atomic E-state index is -0.738. The van der Waals surface area contributed by atoms with Gasteiger partial charge >= 0.3 is 6.09 Å². The fourth-order valence-corrected chi connectivity index (χ4v) is 4.28. The number of hydrogen-bond donors (Lipinski definition) is 1. The maximum absolute atomic E-state index is 12.2. The van der Waals surface area contributed by atoms with E-state index in [2.05, 4.69) is 41.7 Å². The molecule has 0 saturated heterocycles. The van der Waals surface area contributed by atoms with Gasteiger partial charge in [0.1, 0.15) is 11.7 Å². The molecule has 0 bridgehead atoms. The summed E-state index contributed by atoms with van der Waals surface area (Å²) in [5.41, 5.74) is 3.20. The van der Waals surface area contributed by atoms with Crippen molar-refractivity contribution in [3.05, 3.63) is 138 Å². The second kappa shape index (κ2) is 12.0. The van der Waals surface area contributed by atoms with Crippen LogP contribution in [0, 0.1) is 0 Å². The van der Waals surface area contributed by atoms with Crippen molar-refractivity contribution < 1.29 is 14.3 Å². The third kappa shape index (κ3) is 6.17. The number of nitrogens with one attached hydrogen (secondary N) is 1. The SMILES string of the molecule is C[C@@H](CCCOC(c1ccccc1)(c1ccccc1)c1ccccc1)OC(=O)Nc1ccccc1. The van der Waals surface area contributed by atoms with Crippen LogP contribution in [0.4, 0.5) is 10.5 Å². The molecule has 178 valence electrons. The van der Waals surface area contributed by atoms with Crippen molar-refractivity contribution >= 4 is 11.8 Å². The molecule has 0 aliphatic carbocycles. The Morgan fingerprint density at radius 3 is 1.60 bits per heavy atom. The zero-order valence-corrected chi connectivity index (χ0v) is 20.0. The average Bonchev–Trinajstić information content (AvgIpc) is 2.91. The third-order valence-corrected chi connectivity index (χ3v) is 5.94. The molecule has 4 nitrogen and oxygen atoms in total. The lowest BCUT2D eigenvalue weighted by Gasteiger charge is -2.36. The molecule has 0 saturated carbocycles. The van der Waals surface area contributed by atoms with Crippen LogP contribution in [-0.2, 0) is 15.1 Å². The third-order valence-electron chi connectivity index (χ3n) is 5.94. The van der Waals surface area contributed by atoms with Gasteiger partial charge in [-0.15, -0.1) is 0 Å². The second-order valence-corrected chi connectivity index (χ2v) is 8.48. The Balaban J connectivity index is 1.46. The molecule has 4 heteroatoms. The molecule has 0 aromatic heterocycles. The largest absolute Gasteiger partial charge is 0.446 e. The first-order valence-electron chi connectivity index (χ1n) is 12.0. The maximum atomic E-state index is 12.2. The molecule has 0 spiro atoms. The van der Waals surface area contributed by atoms with Crippen molar-refractivity contribution in [2.45, 2.75) is 31.5 Å². The number of carbonyl (C=O) groups excluding carboxylic acids is 1. The first-order valence-corrected chi connectivity index (χ1v) is 12.0. The van der Waals surface area contributed by atoms with Crippen LogP contribution in [0.2, 0.25) is 0 Å². The summed E-state index contributed by atoms with van der Waals surface area (Å²) in [6.45, 7) is 2.41. The van der Waals surface area contributed by atoms with E-state index < -0.39 is 11.7 Å². The topological polar surface area (TPSA) is 47.6 Å². The molecular weight excluding hydrogens is 434 g/mol. The van der Waals surface area contributed by atoms with Crippen LogP contribution in [0.1, 0.15) is 36.5 Å². The lowest BCUT2D eigenvalue weighted by molar-refractivity contribution is 0.00602. The van der Waals surface area contributed by atoms with Gasteiger partial charge in [-0.1, -0.05) is 109 Å². The number of rotatable bonds is 10. The van der Waals surface area contributed by atoms with E-state index in [-0.39, 0.29) is 6.10 Å². The lowest BCUT2D eigenvalue weighted by atomic mass is 9.80. The summed E-state index contributed by atoms with van der Waals surface area (Å²) in [4.78, 5) is 12.2. The van der Waals surface area contributed by atoms with Crippen molar-refractivity contribution in [1.29, 1.82) is 0 Å². The Kier molecular flexibility index (Phi) is 8.31. The Labute approximate surface area is 207 Å². The van der Waals surface area contributed by atoms with Crippen molar-refractivity contribution in [2.24, 2.45) is 0 Å². The first-order chi connectivity index (χ1) is 17.2. The predicted octanol–water partition coefficient (Wildman–Crippen LogP) is 7.41. The number of benzene rings is 4. The van der Waals surface area contributed by atoms with Gasteiger partial charge in [-0.2, -0.15) is 0 Å². The smallest absolute Gasteiger partial charge is 0.411 e. The van der Waals surface area contributed by atoms with Crippen LogP contribution in [0.25, 0.3) is 0 Å². The molecule has 0 heterocycles. The number of para-hydroxylation sites is 1. The van der Waals surface area contributed by atoms with Gasteiger partial charge in [0.05, 0.1) is 0 Å². The molecule has 1 atom stereocenters. The standard InChI is InChI=1S/C31H31NO3/c1-25(35-30(33)32-29-22-12-5-13-23-29)15-14-24-34-31(26-16-6-2-7-17-26,27-18-8-3-9-19-27)28-20-10-4-11-21-28/h2-13,16-23,25H,14-15,24H2,1H3,(H,32,33)/t25-/m0/s1. The number of hydrogen-bond acceptors (Lipinski definition) is 3. The molecule has 0 unspecified atom stereocenters. The van der Waals surface area contributed by atoms with Crippen LogP contribution in [0.3, 0.4) is 0 Å². The summed E-state index contributed by atoms with van der Waals surface area (Å²) >= 11 is 0. The van der Waals surface area contributed by atoms with Gasteiger partial charge < -0.3 is 9.47 Å². The van der Waals surface area contributed by atoms with Crippen LogP contribution >= 0.6 is 0 Å². The molecule has 35 heavy (non-hydrogen) atoms. The van der Waals surface area contributed by atoms with Crippen molar-refractivity contribution in [2.75, 3.05) is 11.9 Å². The van der Waals surface area contributed by atoms with E-state index in [1.54, 1.807) is 0 Å². The zero-order valence-electron chi connectivity index (χ0n) is 20.0. The van der Waals surface area contributed by atoms with E-state index in [4.69, 9.17) is 9.47 Å². The summed E-state index contributed by atoms with van der Waals surface area (Å²) in [5, 5.41) is 2.76. The average molecular weight is 466 g/mol. The molecule has 4 rings (SSSR count). The molecular formula is C31H31NO3. The highest BCUT2D eigenvalue weighted by molar-refractivity contribution is 5.84. The van der Waals surface area contributed by atoms with Crippen LogP contribution in [0.15, 0.2) is 121 Å². The Morgan fingerprint density at radius 2 is 1.14 bits per heavy atom. The molecule has 1 amide bonds. The van der Waals surface area contributed by atoms with E-state index in [1.165, 1.54) is 0 Å². The molecule has 1 N–H and O–H groups in total. The molecule has 0 aliphatic rings. The van der Waals surface area contributed by atoms with Gasteiger partial charge in [-0.3, -0.25) is 5.32 Å². The van der Waals surface area contributed by atoms with E-state index in [0.29, 0.717) is 18.7 Å². The highest BCUT2D eigenvalue weighted by atomic mass is 16.6. The fourth-order valence-electron chi connectivity index (χ4n) is 4.28. The number of amides is 1. The van der Waals surface area contributed by atoms with Gasteiger partial charge in [-0.25, -0.2) is 4.79 Å².